The lowest BCUT2D eigenvalue weighted by Gasteiger charge is -2.06. The first-order valence-electron chi connectivity index (χ1n) is 7.47. The molecule has 0 spiro atoms. The zero-order valence-electron chi connectivity index (χ0n) is 13.5. The van der Waals surface area contributed by atoms with Gasteiger partial charge in [0.2, 0.25) is 0 Å². The second kappa shape index (κ2) is 8.31. The van der Waals surface area contributed by atoms with Gasteiger partial charge in [0.05, 0.1) is 23.4 Å². The fourth-order valence-electron chi connectivity index (χ4n) is 1.94. The Labute approximate surface area is 145 Å². The minimum Gasteiger partial charge on any atom is -0.487 e. The summed E-state index contributed by atoms with van der Waals surface area (Å²) < 4.78 is 5.38. The summed E-state index contributed by atoms with van der Waals surface area (Å²) in [5.41, 5.74) is 5.07. The van der Waals surface area contributed by atoms with Crippen LogP contribution in [0.2, 0.25) is 5.02 Å². The van der Waals surface area contributed by atoms with Gasteiger partial charge in [0, 0.05) is 16.7 Å². The summed E-state index contributed by atoms with van der Waals surface area (Å²) in [6, 6.07) is 10.2. The number of hydrazone groups is 1. The highest BCUT2D eigenvalue weighted by Crippen LogP contribution is 2.27. The Bertz CT molecular complexity index is 763. The summed E-state index contributed by atoms with van der Waals surface area (Å²) in [7, 11) is 0. The van der Waals surface area contributed by atoms with Crippen molar-refractivity contribution in [1.29, 1.82) is 0 Å². The van der Waals surface area contributed by atoms with Gasteiger partial charge in [0.15, 0.2) is 5.75 Å². The van der Waals surface area contributed by atoms with Crippen molar-refractivity contribution in [2.75, 3.05) is 12.0 Å². The molecule has 0 fully saturated rings. The van der Waals surface area contributed by atoms with Gasteiger partial charge in [-0.2, -0.15) is 5.10 Å². The van der Waals surface area contributed by atoms with E-state index in [0.717, 1.165) is 17.7 Å². The number of hydrogen-bond acceptors (Lipinski definition) is 5. The Balaban J connectivity index is 2.12. The van der Waals surface area contributed by atoms with E-state index in [1.807, 2.05) is 26.0 Å². The zero-order valence-corrected chi connectivity index (χ0v) is 14.2. The molecular formula is C17H18ClN3O3. The maximum atomic E-state index is 11.2. The predicted octanol–water partition coefficient (Wildman–Crippen LogP) is 4.79. The molecule has 6 nitrogen and oxygen atoms in total. The number of ether oxygens (including phenoxy) is 1. The van der Waals surface area contributed by atoms with Crippen LogP contribution in [0.25, 0.3) is 0 Å². The van der Waals surface area contributed by atoms with E-state index in [2.05, 4.69) is 10.5 Å². The van der Waals surface area contributed by atoms with E-state index in [-0.39, 0.29) is 11.4 Å². The molecule has 0 saturated heterocycles. The zero-order chi connectivity index (χ0) is 17.5. The molecule has 0 radical (unpaired) electrons. The summed E-state index contributed by atoms with van der Waals surface area (Å²) >= 11 is 6.04. The normalized spacial score (nSPS) is 10.8. The molecule has 24 heavy (non-hydrogen) atoms. The largest absolute Gasteiger partial charge is 0.487 e. The van der Waals surface area contributed by atoms with Crippen molar-refractivity contribution in [3.05, 3.63) is 62.7 Å². The molecule has 0 aliphatic heterocycles. The van der Waals surface area contributed by atoms with Crippen LogP contribution >= 0.6 is 11.6 Å². The molecule has 0 aliphatic carbocycles. The Morgan fingerprint density at radius 2 is 2.12 bits per heavy atom. The maximum absolute atomic E-state index is 11.2. The summed E-state index contributed by atoms with van der Waals surface area (Å²) in [6.07, 6.45) is 2.29. The monoisotopic (exact) mass is 347 g/mol. The molecule has 1 N–H and O–H groups in total. The number of nitro benzene ring substituents is 1. The average Bonchev–Trinajstić information content (AvgIpc) is 2.56. The number of halogens is 1. The van der Waals surface area contributed by atoms with Crippen LogP contribution in [0.4, 0.5) is 11.4 Å². The van der Waals surface area contributed by atoms with Crippen LogP contribution in [-0.4, -0.2) is 17.7 Å². The second-order valence-electron chi connectivity index (χ2n) is 5.17. The van der Waals surface area contributed by atoms with Crippen LogP contribution in [0.1, 0.15) is 24.5 Å². The predicted molar refractivity (Wildman–Crippen MR) is 96.3 cm³/mol. The van der Waals surface area contributed by atoms with Crippen LogP contribution < -0.4 is 10.2 Å². The fraction of sp³-hybridized carbons (Fsp3) is 0.235. The first-order valence-corrected chi connectivity index (χ1v) is 7.85. The molecular weight excluding hydrogens is 330 g/mol. The van der Waals surface area contributed by atoms with E-state index >= 15 is 0 Å². The Hall–Kier alpha value is -2.60. The van der Waals surface area contributed by atoms with Gasteiger partial charge in [-0.05, 0) is 43.2 Å². The molecule has 0 atom stereocenters. The highest BCUT2D eigenvalue weighted by molar-refractivity contribution is 6.31. The minimum atomic E-state index is -0.463. The quantitative estimate of drug-likeness (QED) is 0.443. The van der Waals surface area contributed by atoms with Gasteiger partial charge >= 0.3 is 5.69 Å². The summed E-state index contributed by atoms with van der Waals surface area (Å²) in [5, 5.41) is 15.9. The van der Waals surface area contributed by atoms with Crippen LogP contribution in [0.15, 0.2) is 41.5 Å². The SMILES string of the molecule is CCCOc1ccc(/C=N/Nc2ccc(C)c(Cl)c2)cc1[N+](=O)[O-]. The van der Waals surface area contributed by atoms with Gasteiger partial charge in [-0.3, -0.25) is 15.5 Å². The van der Waals surface area contributed by atoms with Crippen LogP contribution in [-0.2, 0) is 0 Å². The van der Waals surface area contributed by atoms with Crippen LogP contribution in [0, 0.1) is 17.0 Å². The van der Waals surface area contributed by atoms with Crippen molar-refractivity contribution in [2.24, 2.45) is 5.10 Å². The van der Waals surface area contributed by atoms with Crippen molar-refractivity contribution >= 4 is 29.2 Å². The molecule has 0 unspecified atom stereocenters. The Morgan fingerprint density at radius 1 is 1.33 bits per heavy atom. The number of rotatable bonds is 7. The van der Waals surface area contributed by atoms with Gasteiger partial charge in [-0.1, -0.05) is 24.6 Å². The minimum absolute atomic E-state index is 0.0780. The second-order valence-corrected chi connectivity index (χ2v) is 5.57. The molecule has 0 saturated carbocycles. The molecule has 7 heteroatoms. The third-order valence-electron chi connectivity index (χ3n) is 3.22. The standard InChI is InChI=1S/C17H18ClN3O3/c1-3-8-24-17-7-5-13(9-16(17)21(22)23)11-19-20-14-6-4-12(2)15(18)10-14/h4-7,9-11,20H,3,8H2,1-2H3/b19-11+. The van der Waals surface area contributed by atoms with E-state index in [9.17, 15) is 10.1 Å². The average molecular weight is 348 g/mol. The topological polar surface area (TPSA) is 76.8 Å². The molecule has 2 aromatic carbocycles. The first kappa shape index (κ1) is 17.7. The fourth-order valence-corrected chi connectivity index (χ4v) is 2.12. The van der Waals surface area contributed by atoms with E-state index in [4.69, 9.17) is 16.3 Å². The van der Waals surface area contributed by atoms with E-state index in [1.165, 1.54) is 12.3 Å². The van der Waals surface area contributed by atoms with Crippen molar-refractivity contribution in [2.45, 2.75) is 20.3 Å². The van der Waals surface area contributed by atoms with Crippen molar-refractivity contribution in [3.8, 4) is 5.75 Å². The maximum Gasteiger partial charge on any atom is 0.311 e. The van der Waals surface area contributed by atoms with Crippen LogP contribution in [0.5, 0.6) is 5.75 Å². The van der Waals surface area contributed by atoms with Gasteiger partial charge in [0.25, 0.3) is 0 Å². The van der Waals surface area contributed by atoms with Gasteiger partial charge in [-0.15, -0.1) is 0 Å². The number of aryl methyl sites for hydroxylation is 1. The smallest absolute Gasteiger partial charge is 0.311 e. The molecule has 0 aromatic heterocycles. The van der Waals surface area contributed by atoms with E-state index in [0.29, 0.717) is 17.2 Å². The number of hydrogen-bond donors (Lipinski definition) is 1. The summed E-state index contributed by atoms with van der Waals surface area (Å²) in [6.45, 7) is 4.29. The summed E-state index contributed by atoms with van der Waals surface area (Å²) in [4.78, 5) is 10.7. The number of benzene rings is 2. The molecule has 0 bridgehead atoms. The summed E-state index contributed by atoms with van der Waals surface area (Å²) in [5.74, 6) is 0.261. The lowest BCUT2D eigenvalue weighted by Crippen LogP contribution is -2.00. The lowest BCUT2D eigenvalue weighted by molar-refractivity contribution is -0.385. The Kier molecular flexibility index (Phi) is 6.14. The number of nitrogens with one attached hydrogen (secondary N) is 1. The third kappa shape index (κ3) is 4.70. The van der Waals surface area contributed by atoms with Crippen molar-refractivity contribution in [3.63, 3.8) is 0 Å². The van der Waals surface area contributed by atoms with Crippen LogP contribution in [0.3, 0.4) is 0 Å². The molecule has 2 rings (SSSR count). The highest BCUT2D eigenvalue weighted by atomic mass is 35.5. The number of nitrogens with zero attached hydrogens (tertiary/aromatic N) is 2. The lowest BCUT2D eigenvalue weighted by atomic mass is 10.2. The molecule has 126 valence electrons. The molecule has 0 heterocycles. The van der Waals surface area contributed by atoms with E-state index < -0.39 is 4.92 Å². The van der Waals surface area contributed by atoms with Crippen molar-refractivity contribution in [1.82, 2.24) is 0 Å². The molecule has 2 aromatic rings. The molecule has 0 amide bonds. The van der Waals surface area contributed by atoms with Gasteiger partial charge in [-0.25, -0.2) is 0 Å². The van der Waals surface area contributed by atoms with Crippen molar-refractivity contribution < 1.29 is 9.66 Å². The first-order chi connectivity index (χ1) is 11.5. The van der Waals surface area contributed by atoms with E-state index in [1.54, 1.807) is 18.2 Å². The number of nitro groups is 1. The van der Waals surface area contributed by atoms with Gasteiger partial charge in [0.1, 0.15) is 0 Å². The highest BCUT2D eigenvalue weighted by Gasteiger charge is 2.15. The van der Waals surface area contributed by atoms with Gasteiger partial charge < -0.3 is 4.74 Å². The Morgan fingerprint density at radius 3 is 2.79 bits per heavy atom. The molecule has 0 aliphatic rings. The number of anilines is 1. The third-order valence-corrected chi connectivity index (χ3v) is 3.63.